The first kappa shape index (κ1) is 31.6. The highest BCUT2D eigenvalue weighted by Crippen LogP contribution is 2.34. The van der Waals surface area contributed by atoms with Crippen molar-refractivity contribution >= 4 is 38.8 Å². The molecule has 226 valence electrons. The third-order valence-electron chi connectivity index (χ3n) is 6.00. The van der Waals surface area contributed by atoms with E-state index in [0.717, 1.165) is 17.9 Å². The zero-order valence-electron chi connectivity index (χ0n) is 24.7. The van der Waals surface area contributed by atoms with Crippen molar-refractivity contribution in [2.24, 2.45) is 0 Å². The van der Waals surface area contributed by atoms with Crippen molar-refractivity contribution in [1.29, 1.82) is 0 Å². The molecule has 0 spiro atoms. The predicted molar refractivity (Wildman–Crippen MR) is 163 cm³/mol. The molecule has 4 rings (SSSR count). The van der Waals surface area contributed by atoms with E-state index in [0.29, 0.717) is 34.1 Å². The van der Waals surface area contributed by atoms with Gasteiger partial charge in [-0.15, -0.1) is 0 Å². The highest BCUT2D eigenvalue weighted by atomic mass is 35.5. The van der Waals surface area contributed by atoms with Gasteiger partial charge in [0.25, 0.3) is 0 Å². The number of carbonyl (C=O) groups is 1. The summed E-state index contributed by atoms with van der Waals surface area (Å²) in [5.41, 5.74) is 1.13. The summed E-state index contributed by atoms with van der Waals surface area (Å²) in [6.07, 6.45) is 9.06. The van der Waals surface area contributed by atoms with E-state index in [1.807, 2.05) is 0 Å². The Hall–Kier alpha value is -3.35. The molecular formula is C29H35ClF2N6O3S. The number of carbonyl (C=O) groups excluding carboxylic acids is 1. The standard InChI is InChI=1S/C29H35ClF2N6O3S/c1-29(2,3)41-28(39)37(4)16-18-12-20(31)24(21(32)13-18)27-34-15-22-26(35-27)25(19-8-9-23(30)33-14-19)36-38(22)17-40-10-11-42(5,6)7/h8-9,12-15H,10-11,16-17H2,1-7H3. The Labute approximate surface area is 250 Å². The first-order valence-corrected chi connectivity index (χ1v) is 16.5. The van der Waals surface area contributed by atoms with Crippen LogP contribution in [-0.2, 0) is 22.7 Å². The van der Waals surface area contributed by atoms with Gasteiger partial charge in [0.1, 0.15) is 45.8 Å². The second-order valence-electron chi connectivity index (χ2n) is 11.7. The summed E-state index contributed by atoms with van der Waals surface area (Å²) < 4.78 is 43.6. The van der Waals surface area contributed by atoms with Crippen molar-refractivity contribution in [2.75, 3.05) is 38.2 Å². The minimum atomic E-state index is -0.864. The molecular weight excluding hydrogens is 586 g/mol. The molecule has 4 aromatic rings. The zero-order chi connectivity index (χ0) is 30.8. The third kappa shape index (κ3) is 7.93. The van der Waals surface area contributed by atoms with Gasteiger partial charge in [0.05, 0.1) is 18.4 Å². The van der Waals surface area contributed by atoms with Gasteiger partial charge in [-0.05, 0) is 69.4 Å². The molecule has 0 radical (unpaired) electrons. The van der Waals surface area contributed by atoms with Gasteiger partial charge in [0.2, 0.25) is 0 Å². The molecule has 1 aromatic carbocycles. The molecule has 0 aliphatic heterocycles. The molecule has 0 saturated carbocycles. The highest BCUT2D eigenvalue weighted by Gasteiger charge is 2.23. The summed E-state index contributed by atoms with van der Waals surface area (Å²) in [6.45, 7) is 5.87. The molecule has 9 nitrogen and oxygen atoms in total. The molecule has 42 heavy (non-hydrogen) atoms. The largest absolute Gasteiger partial charge is 0.444 e. The van der Waals surface area contributed by atoms with E-state index >= 15 is 8.78 Å². The van der Waals surface area contributed by atoms with E-state index in [1.54, 1.807) is 43.8 Å². The molecule has 0 saturated heterocycles. The number of ether oxygens (including phenoxy) is 2. The highest BCUT2D eigenvalue weighted by molar-refractivity contribution is 8.32. The van der Waals surface area contributed by atoms with E-state index in [2.05, 4.69) is 38.8 Å². The third-order valence-corrected chi connectivity index (χ3v) is 7.61. The molecule has 3 heterocycles. The SMILES string of the molecule is CN(Cc1cc(F)c(-c2ncc3c(n2)c(-c2ccc(Cl)nc2)nn3COCCS(C)(C)C)c(F)c1)C(=O)OC(C)(C)C. The van der Waals surface area contributed by atoms with E-state index in [4.69, 9.17) is 21.1 Å². The number of hydrogen-bond donors (Lipinski definition) is 0. The quantitative estimate of drug-likeness (QED) is 0.155. The van der Waals surface area contributed by atoms with Gasteiger partial charge < -0.3 is 14.4 Å². The van der Waals surface area contributed by atoms with Crippen LogP contribution in [0.5, 0.6) is 0 Å². The van der Waals surface area contributed by atoms with Gasteiger partial charge in [0.15, 0.2) is 5.82 Å². The molecule has 0 N–H and O–H groups in total. The lowest BCUT2D eigenvalue weighted by Crippen LogP contribution is -2.33. The van der Waals surface area contributed by atoms with Crippen molar-refractivity contribution in [3.05, 3.63) is 59.0 Å². The summed E-state index contributed by atoms with van der Waals surface area (Å²) in [6, 6.07) is 5.68. The molecule has 3 aromatic heterocycles. The van der Waals surface area contributed by atoms with Gasteiger partial charge in [-0.1, -0.05) is 11.6 Å². The average molecular weight is 621 g/mol. The number of rotatable bonds is 9. The molecule has 0 atom stereocenters. The topological polar surface area (TPSA) is 95.3 Å². The Morgan fingerprint density at radius 3 is 2.38 bits per heavy atom. The van der Waals surface area contributed by atoms with Crippen LogP contribution >= 0.6 is 21.6 Å². The normalized spacial score (nSPS) is 12.5. The Morgan fingerprint density at radius 2 is 1.79 bits per heavy atom. The lowest BCUT2D eigenvalue weighted by atomic mass is 10.1. The van der Waals surface area contributed by atoms with Crippen LogP contribution in [0.2, 0.25) is 5.15 Å². The van der Waals surface area contributed by atoms with Crippen LogP contribution in [0, 0.1) is 11.6 Å². The smallest absolute Gasteiger partial charge is 0.410 e. The second kappa shape index (κ2) is 12.5. The van der Waals surface area contributed by atoms with E-state index < -0.39 is 38.9 Å². The van der Waals surface area contributed by atoms with Crippen LogP contribution in [0.15, 0.2) is 36.7 Å². The van der Waals surface area contributed by atoms with Gasteiger partial charge in [-0.2, -0.15) is 5.10 Å². The van der Waals surface area contributed by atoms with Crippen molar-refractivity contribution < 1.29 is 23.0 Å². The fourth-order valence-electron chi connectivity index (χ4n) is 3.96. The number of hydrogen-bond acceptors (Lipinski definition) is 7. The van der Waals surface area contributed by atoms with Crippen molar-refractivity contribution in [2.45, 2.75) is 39.6 Å². The molecule has 1 amide bonds. The predicted octanol–water partition coefficient (Wildman–Crippen LogP) is 6.52. The number of nitrogens with zero attached hydrogens (tertiary/aromatic N) is 6. The number of benzene rings is 1. The van der Waals surface area contributed by atoms with Crippen LogP contribution in [0.3, 0.4) is 0 Å². The monoisotopic (exact) mass is 620 g/mol. The van der Waals surface area contributed by atoms with Crippen LogP contribution < -0.4 is 0 Å². The molecule has 13 heteroatoms. The van der Waals surface area contributed by atoms with Gasteiger partial charge >= 0.3 is 6.09 Å². The van der Waals surface area contributed by atoms with E-state index in [-0.39, 0.29) is 24.7 Å². The van der Waals surface area contributed by atoms with Gasteiger partial charge in [0, 0.05) is 31.1 Å². The fraction of sp³-hybridized carbons (Fsp3) is 0.414. The Bertz CT molecular complexity index is 1560. The molecule has 0 bridgehead atoms. The minimum absolute atomic E-state index is 0.0554. The summed E-state index contributed by atoms with van der Waals surface area (Å²) >= 11 is 5.98. The maximum atomic E-state index is 15.4. The number of fused-ring (bicyclic) bond motifs is 1. The number of halogens is 3. The summed E-state index contributed by atoms with van der Waals surface area (Å²) in [5.74, 6) is -0.943. The minimum Gasteiger partial charge on any atom is -0.444 e. The maximum absolute atomic E-state index is 15.4. The lowest BCUT2D eigenvalue weighted by molar-refractivity contribution is 0.0284. The van der Waals surface area contributed by atoms with Crippen molar-refractivity contribution in [3.63, 3.8) is 0 Å². The molecule has 0 unspecified atom stereocenters. The number of aromatic nitrogens is 5. The van der Waals surface area contributed by atoms with Crippen LogP contribution in [0.4, 0.5) is 13.6 Å². The van der Waals surface area contributed by atoms with Gasteiger partial charge in [-0.25, -0.2) is 43.2 Å². The van der Waals surface area contributed by atoms with Crippen molar-refractivity contribution in [3.8, 4) is 22.6 Å². The maximum Gasteiger partial charge on any atom is 0.410 e. The fourth-order valence-corrected chi connectivity index (χ4v) is 4.69. The van der Waals surface area contributed by atoms with Crippen LogP contribution in [-0.4, -0.2) is 79.5 Å². The Morgan fingerprint density at radius 1 is 1.10 bits per heavy atom. The Kier molecular flexibility index (Phi) is 9.39. The summed E-state index contributed by atoms with van der Waals surface area (Å²) in [4.78, 5) is 26.5. The Balaban J connectivity index is 1.68. The zero-order valence-corrected chi connectivity index (χ0v) is 26.3. The lowest BCUT2D eigenvalue weighted by Gasteiger charge is -2.24. The number of pyridine rings is 1. The van der Waals surface area contributed by atoms with E-state index in [1.165, 1.54) is 18.1 Å². The summed E-state index contributed by atoms with van der Waals surface area (Å²) in [5, 5.41) is 4.98. The van der Waals surface area contributed by atoms with Crippen molar-refractivity contribution in [1.82, 2.24) is 29.6 Å². The van der Waals surface area contributed by atoms with Crippen LogP contribution in [0.25, 0.3) is 33.7 Å². The molecule has 0 aliphatic carbocycles. The van der Waals surface area contributed by atoms with Crippen LogP contribution in [0.1, 0.15) is 26.3 Å². The average Bonchev–Trinajstić information content (AvgIpc) is 3.23. The summed E-state index contributed by atoms with van der Waals surface area (Å²) in [7, 11) is 0.768. The van der Waals surface area contributed by atoms with E-state index in [9.17, 15) is 4.79 Å². The first-order valence-electron chi connectivity index (χ1n) is 13.1. The number of amides is 1. The second-order valence-corrected chi connectivity index (χ2v) is 16.7. The molecule has 0 fully saturated rings. The first-order chi connectivity index (χ1) is 19.6. The molecule has 0 aliphatic rings. The van der Waals surface area contributed by atoms with Gasteiger partial charge in [-0.3, -0.25) is 0 Å².